The van der Waals surface area contributed by atoms with Crippen LogP contribution in [0.1, 0.15) is 18.9 Å². The number of hydrogen-bond acceptors (Lipinski definition) is 4. The molecule has 0 amide bonds. The second kappa shape index (κ2) is 8.39. The SMILES string of the molecule is CC/C(=C/c1cc([N+](=O)[O-])ccc1F)CNCCOC. The van der Waals surface area contributed by atoms with Crippen molar-refractivity contribution < 1.29 is 14.1 Å². The zero-order valence-electron chi connectivity index (χ0n) is 11.7. The average Bonchev–Trinajstić information content (AvgIpc) is 2.43. The molecule has 0 heterocycles. The molecule has 20 heavy (non-hydrogen) atoms. The van der Waals surface area contributed by atoms with Gasteiger partial charge in [-0.2, -0.15) is 0 Å². The summed E-state index contributed by atoms with van der Waals surface area (Å²) >= 11 is 0. The van der Waals surface area contributed by atoms with E-state index in [1.54, 1.807) is 13.2 Å². The van der Waals surface area contributed by atoms with Gasteiger partial charge in [0.1, 0.15) is 5.82 Å². The van der Waals surface area contributed by atoms with Gasteiger partial charge in [-0.05, 0) is 12.5 Å². The second-order valence-electron chi connectivity index (χ2n) is 4.29. The van der Waals surface area contributed by atoms with Crippen LogP contribution in [0.25, 0.3) is 6.08 Å². The van der Waals surface area contributed by atoms with Crippen LogP contribution in [0.5, 0.6) is 0 Å². The Labute approximate surface area is 117 Å². The number of benzene rings is 1. The van der Waals surface area contributed by atoms with Crippen LogP contribution in [-0.2, 0) is 4.74 Å². The van der Waals surface area contributed by atoms with E-state index in [9.17, 15) is 14.5 Å². The maximum absolute atomic E-state index is 13.7. The van der Waals surface area contributed by atoms with Gasteiger partial charge in [-0.25, -0.2) is 4.39 Å². The van der Waals surface area contributed by atoms with Crippen molar-refractivity contribution in [3.63, 3.8) is 0 Å². The number of ether oxygens (including phenoxy) is 1. The van der Waals surface area contributed by atoms with E-state index in [2.05, 4.69) is 5.32 Å². The smallest absolute Gasteiger partial charge is 0.270 e. The van der Waals surface area contributed by atoms with Crippen molar-refractivity contribution in [2.75, 3.05) is 26.8 Å². The van der Waals surface area contributed by atoms with Crippen molar-refractivity contribution in [3.8, 4) is 0 Å². The Hall–Kier alpha value is -1.79. The quantitative estimate of drug-likeness (QED) is 0.452. The third kappa shape index (κ3) is 5.07. The van der Waals surface area contributed by atoms with Gasteiger partial charge in [0.05, 0.1) is 11.5 Å². The molecule has 0 spiro atoms. The van der Waals surface area contributed by atoms with E-state index in [4.69, 9.17) is 4.74 Å². The first-order chi connectivity index (χ1) is 9.58. The number of nitrogens with zero attached hydrogens (tertiary/aromatic N) is 1. The van der Waals surface area contributed by atoms with Gasteiger partial charge in [-0.15, -0.1) is 0 Å². The van der Waals surface area contributed by atoms with Crippen LogP contribution in [0.2, 0.25) is 0 Å². The molecule has 0 saturated carbocycles. The zero-order chi connectivity index (χ0) is 15.0. The minimum absolute atomic E-state index is 0.111. The first-order valence-electron chi connectivity index (χ1n) is 6.41. The van der Waals surface area contributed by atoms with E-state index < -0.39 is 10.7 Å². The number of nitro groups is 1. The number of halogens is 1. The fourth-order valence-corrected chi connectivity index (χ4v) is 1.68. The molecule has 1 aromatic carbocycles. The van der Waals surface area contributed by atoms with E-state index in [0.717, 1.165) is 24.1 Å². The third-order valence-corrected chi connectivity index (χ3v) is 2.84. The molecule has 0 unspecified atom stereocenters. The molecule has 0 radical (unpaired) electrons. The highest BCUT2D eigenvalue weighted by Gasteiger charge is 2.09. The van der Waals surface area contributed by atoms with Crippen molar-refractivity contribution in [2.24, 2.45) is 0 Å². The van der Waals surface area contributed by atoms with Crippen molar-refractivity contribution in [1.82, 2.24) is 5.32 Å². The monoisotopic (exact) mass is 282 g/mol. The van der Waals surface area contributed by atoms with Crippen molar-refractivity contribution >= 4 is 11.8 Å². The molecule has 110 valence electrons. The largest absolute Gasteiger partial charge is 0.383 e. The van der Waals surface area contributed by atoms with Crippen LogP contribution >= 0.6 is 0 Å². The molecule has 6 heteroatoms. The molecule has 5 nitrogen and oxygen atoms in total. The molecule has 0 fully saturated rings. The number of nitro benzene ring substituents is 1. The molecule has 0 aromatic heterocycles. The lowest BCUT2D eigenvalue weighted by molar-refractivity contribution is -0.384. The lowest BCUT2D eigenvalue weighted by Gasteiger charge is -2.07. The molecule has 0 aliphatic rings. The summed E-state index contributed by atoms with van der Waals surface area (Å²) in [7, 11) is 1.62. The number of non-ortho nitro benzene ring substituents is 1. The summed E-state index contributed by atoms with van der Waals surface area (Å²) in [6.45, 7) is 3.86. The number of rotatable bonds is 8. The number of hydrogen-bond donors (Lipinski definition) is 1. The molecular weight excluding hydrogens is 263 g/mol. The van der Waals surface area contributed by atoms with Gasteiger partial charge in [0.25, 0.3) is 5.69 Å². The van der Waals surface area contributed by atoms with Gasteiger partial charge >= 0.3 is 0 Å². The van der Waals surface area contributed by atoms with Gasteiger partial charge in [0.2, 0.25) is 0 Å². The highest BCUT2D eigenvalue weighted by Crippen LogP contribution is 2.19. The van der Waals surface area contributed by atoms with E-state index in [0.29, 0.717) is 19.7 Å². The maximum Gasteiger partial charge on any atom is 0.270 e. The Balaban J connectivity index is 2.83. The standard InChI is InChI=1S/C14H19FN2O3/c1-3-11(10-16-6-7-20-2)8-12-9-13(17(18)19)4-5-14(12)15/h4-5,8-9,16H,3,6-7,10H2,1-2H3/b11-8-. The molecule has 0 aliphatic heterocycles. The molecule has 0 atom stereocenters. The second-order valence-corrected chi connectivity index (χ2v) is 4.29. The van der Waals surface area contributed by atoms with E-state index in [1.807, 2.05) is 6.92 Å². The van der Waals surface area contributed by atoms with Crippen molar-refractivity contribution in [3.05, 3.63) is 45.3 Å². The van der Waals surface area contributed by atoms with Crippen LogP contribution in [0.15, 0.2) is 23.8 Å². The Morgan fingerprint density at radius 3 is 2.90 bits per heavy atom. The summed E-state index contributed by atoms with van der Waals surface area (Å²) in [5.74, 6) is -0.460. The molecule has 1 aromatic rings. The average molecular weight is 282 g/mol. The Bertz CT molecular complexity index is 489. The summed E-state index contributed by atoms with van der Waals surface area (Å²) in [4.78, 5) is 10.2. The number of methoxy groups -OCH3 is 1. The minimum atomic E-state index is -0.529. The summed E-state index contributed by atoms with van der Waals surface area (Å²) in [5.41, 5.74) is 1.10. The van der Waals surface area contributed by atoms with Crippen LogP contribution in [0.4, 0.5) is 10.1 Å². The van der Waals surface area contributed by atoms with Crippen LogP contribution in [0.3, 0.4) is 0 Å². The Morgan fingerprint density at radius 2 is 2.30 bits per heavy atom. The first-order valence-corrected chi connectivity index (χ1v) is 6.41. The predicted molar refractivity (Wildman–Crippen MR) is 76.1 cm³/mol. The minimum Gasteiger partial charge on any atom is -0.383 e. The fourth-order valence-electron chi connectivity index (χ4n) is 1.68. The van der Waals surface area contributed by atoms with Crippen LogP contribution in [0, 0.1) is 15.9 Å². The molecule has 1 N–H and O–H groups in total. The lowest BCUT2D eigenvalue weighted by Crippen LogP contribution is -2.21. The van der Waals surface area contributed by atoms with E-state index in [1.165, 1.54) is 6.07 Å². The van der Waals surface area contributed by atoms with Gasteiger partial charge in [-0.1, -0.05) is 18.6 Å². The summed E-state index contributed by atoms with van der Waals surface area (Å²) in [6, 6.07) is 3.53. The van der Waals surface area contributed by atoms with E-state index in [-0.39, 0.29) is 11.3 Å². The van der Waals surface area contributed by atoms with Crippen molar-refractivity contribution in [1.29, 1.82) is 0 Å². The fraction of sp³-hybridized carbons (Fsp3) is 0.429. The Morgan fingerprint density at radius 1 is 1.55 bits per heavy atom. The van der Waals surface area contributed by atoms with Gasteiger partial charge < -0.3 is 10.1 Å². The summed E-state index contributed by atoms with van der Waals surface area (Å²) in [5, 5.41) is 13.9. The highest BCUT2D eigenvalue weighted by molar-refractivity contribution is 5.57. The molecule has 0 saturated heterocycles. The molecule has 1 rings (SSSR count). The summed E-state index contributed by atoms with van der Waals surface area (Å²) in [6.07, 6.45) is 2.39. The zero-order valence-corrected chi connectivity index (χ0v) is 11.7. The van der Waals surface area contributed by atoms with Crippen LogP contribution in [-0.4, -0.2) is 31.7 Å². The summed E-state index contributed by atoms with van der Waals surface area (Å²) < 4.78 is 18.6. The third-order valence-electron chi connectivity index (χ3n) is 2.84. The normalized spacial score (nSPS) is 11.7. The van der Waals surface area contributed by atoms with Gasteiger partial charge in [0, 0.05) is 37.9 Å². The van der Waals surface area contributed by atoms with Crippen molar-refractivity contribution in [2.45, 2.75) is 13.3 Å². The van der Waals surface area contributed by atoms with Gasteiger partial charge in [0.15, 0.2) is 0 Å². The number of nitrogens with one attached hydrogen (secondary N) is 1. The van der Waals surface area contributed by atoms with Gasteiger partial charge in [-0.3, -0.25) is 10.1 Å². The molecule has 0 aliphatic carbocycles. The maximum atomic E-state index is 13.7. The van der Waals surface area contributed by atoms with Crippen LogP contribution < -0.4 is 5.32 Å². The predicted octanol–water partition coefficient (Wildman–Crippen LogP) is 2.76. The lowest BCUT2D eigenvalue weighted by atomic mass is 10.1. The molecular formula is C14H19FN2O3. The van der Waals surface area contributed by atoms with E-state index >= 15 is 0 Å². The molecule has 0 bridgehead atoms. The first kappa shape index (κ1) is 16.3. The topological polar surface area (TPSA) is 64.4 Å². The Kier molecular flexibility index (Phi) is 6.83. The highest BCUT2D eigenvalue weighted by atomic mass is 19.1.